The smallest absolute Gasteiger partial charge is 0.157 e. The number of aromatic hydroxyl groups is 2. The molecule has 1 atom stereocenters. The number of phenolic OH excluding ortho intramolecular Hbond substituents is 2. The summed E-state index contributed by atoms with van der Waals surface area (Å²) in [5.74, 6) is 0.752. The predicted molar refractivity (Wildman–Crippen MR) is 102 cm³/mol. The van der Waals surface area contributed by atoms with Crippen LogP contribution in [0.15, 0.2) is 40.7 Å². The van der Waals surface area contributed by atoms with Crippen LogP contribution >= 0.6 is 35.5 Å². The van der Waals surface area contributed by atoms with Crippen molar-refractivity contribution in [2.75, 3.05) is 12.3 Å². The van der Waals surface area contributed by atoms with Crippen molar-refractivity contribution < 1.29 is 10.2 Å². The second-order valence-electron chi connectivity index (χ2n) is 5.55. The Kier molecular flexibility index (Phi) is 5.20. The average Bonchev–Trinajstić information content (AvgIpc) is 2.97. The maximum absolute atomic E-state index is 9.78. The van der Waals surface area contributed by atoms with Gasteiger partial charge in [0.25, 0.3) is 0 Å². The summed E-state index contributed by atoms with van der Waals surface area (Å²) >= 11 is 3.43. The number of nitrogens with zero attached hydrogens (tertiary/aromatic N) is 1. The van der Waals surface area contributed by atoms with Gasteiger partial charge in [0.15, 0.2) is 15.8 Å². The molecular weight excluding hydrogens is 364 g/mol. The Morgan fingerprint density at radius 1 is 1.21 bits per heavy atom. The van der Waals surface area contributed by atoms with Gasteiger partial charge in [-0.25, -0.2) is 4.98 Å². The topological polar surface area (TPSA) is 65.4 Å². The minimum absolute atomic E-state index is 0. The van der Waals surface area contributed by atoms with Crippen LogP contribution in [0.3, 0.4) is 0 Å². The van der Waals surface area contributed by atoms with E-state index in [1.54, 1.807) is 35.2 Å². The minimum atomic E-state index is -0.0533. The van der Waals surface area contributed by atoms with Gasteiger partial charge in [-0.05, 0) is 48.4 Å². The summed E-state index contributed by atoms with van der Waals surface area (Å²) in [5, 5.41) is 22.9. The first kappa shape index (κ1) is 17.4. The molecule has 0 fully saturated rings. The number of thiazole rings is 1. The summed E-state index contributed by atoms with van der Waals surface area (Å²) in [7, 11) is 0. The van der Waals surface area contributed by atoms with Crippen LogP contribution < -0.4 is 5.32 Å². The van der Waals surface area contributed by atoms with Gasteiger partial charge in [-0.2, -0.15) is 0 Å². The van der Waals surface area contributed by atoms with Crippen molar-refractivity contribution in [3.63, 3.8) is 0 Å². The summed E-state index contributed by atoms with van der Waals surface area (Å²) in [4.78, 5) is 4.65. The van der Waals surface area contributed by atoms with Crippen LogP contribution in [0.25, 0.3) is 10.2 Å². The number of nitrogens with one attached hydrogen (secondary N) is 1. The lowest BCUT2D eigenvalue weighted by Gasteiger charge is -2.26. The zero-order chi connectivity index (χ0) is 15.8. The molecule has 0 spiro atoms. The Morgan fingerprint density at radius 2 is 2.00 bits per heavy atom. The van der Waals surface area contributed by atoms with Crippen LogP contribution in [0.5, 0.6) is 11.5 Å². The molecular formula is C17H17ClN2O2S2. The van der Waals surface area contributed by atoms with Gasteiger partial charge < -0.3 is 15.5 Å². The van der Waals surface area contributed by atoms with Crippen molar-refractivity contribution in [3.8, 4) is 11.5 Å². The fourth-order valence-corrected chi connectivity index (χ4v) is 5.06. The molecule has 0 saturated heterocycles. The average molecular weight is 381 g/mol. The van der Waals surface area contributed by atoms with E-state index in [9.17, 15) is 10.2 Å². The second kappa shape index (κ2) is 7.19. The quantitative estimate of drug-likeness (QED) is 0.471. The van der Waals surface area contributed by atoms with Crippen molar-refractivity contribution in [3.05, 3.63) is 47.5 Å². The van der Waals surface area contributed by atoms with E-state index in [-0.39, 0.29) is 29.9 Å². The SMILES string of the molecule is Cl.Oc1cc2c(cc1O)C(CSc1nc3ccccc3s1)NCC2. The van der Waals surface area contributed by atoms with E-state index in [0.29, 0.717) is 0 Å². The molecule has 4 nitrogen and oxygen atoms in total. The lowest BCUT2D eigenvalue weighted by molar-refractivity contribution is 0.400. The zero-order valence-corrected chi connectivity index (χ0v) is 15.2. The normalized spacial score (nSPS) is 16.6. The van der Waals surface area contributed by atoms with Gasteiger partial charge in [-0.3, -0.25) is 0 Å². The van der Waals surface area contributed by atoms with Crippen molar-refractivity contribution in [1.29, 1.82) is 0 Å². The molecule has 1 aliphatic heterocycles. The molecule has 1 unspecified atom stereocenters. The summed E-state index contributed by atoms with van der Waals surface area (Å²) in [6, 6.07) is 11.7. The summed E-state index contributed by atoms with van der Waals surface area (Å²) in [5.41, 5.74) is 3.22. The molecule has 2 aromatic carbocycles. The van der Waals surface area contributed by atoms with E-state index in [2.05, 4.69) is 16.4 Å². The monoisotopic (exact) mass is 380 g/mol. The fraction of sp³-hybridized carbons (Fsp3) is 0.235. The summed E-state index contributed by atoms with van der Waals surface area (Å²) in [6.45, 7) is 0.877. The van der Waals surface area contributed by atoms with Gasteiger partial charge >= 0.3 is 0 Å². The molecule has 24 heavy (non-hydrogen) atoms. The van der Waals surface area contributed by atoms with E-state index in [1.807, 2.05) is 18.2 Å². The van der Waals surface area contributed by atoms with Crippen LogP contribution in [0.2, 0.25) is 0 Å². The number of aromatic nitrogens is 1. The number of fused-ring (bicyclic) bond motifs is 2. The second-order valence-corrected chi connectivity index (χ2v) is 7.85. The van der Waals surface area contributed by atoms with E-state index >= 15 is 0 Å². The van der Waals surface area contributed by atoms with Gasteiger partial charge in [0.05, 0.1) is 10.2 Å². The van der Waals surface area contributed by atoms with Crippen molar-refractivity contribution in [2.45, 2.75) is 16.8 Å². The Hall–Kier alpha value is -1.47. The molecule has 4 rings (SSSR count). The van der Waals surface area contributed by atoms with Gasteiger partial charge in [0, 0.05) is 11.8 Å². The standard InChI is InChI=1S/C17H16N2O2S2.ClH/c20-14-7-10-5-6-18-13(11(10)8-15(14)21)9-22-17-19-12-3-1-2-4-16(12)23-17;/h1-4,7-8,13,18,20-21H,5-6,9H2;1H. The molecule has 1 aromatic heterocycles. The first-order chi connectivity index (χ1) is 11.2. The van der Waals surface area contributed by atoms with Crippen LogP contribution in [0.1, 0.15) is 17.2 Å². The maximum atomic E-state index is 9.78. The van der Waals surface area contributed by atoms with E-state index in [4.69, 9.17) is 0 Å². The summed E-state index contributed by atoms with van der Waals surface area (Å²) in [6.07, 6.45) is 0.867. The number of benzene rings is 2. The Bertz CT molecular complexity index is 836. The van der Waals surface area contributed by atoms with Gasteiger partial charge in [0.2, 0.25) is 0 Å². The third-order valence-electron chi connectivity index (χ3n) is 4.04. The van der Waals surface area contributed by atoms with Crippen molar-refractivity contribution >= 4 is 45.7 Å². The van der Waals surface area contributed by atoms with Crippen LogP contribution in [0.4, 0.5) is 0 Å². The Labute approximate surface area is 154 Å². The first-order valence-corrected chi connectivity index (χ1v) is 9.27. The molecule has 3 aromatic rings. The van der Waals surface area contributed by atoms with Crippen LogP contribution in [-0.2, 0) is 6.42 Å². The number of rotatable bonds is 3. The van der Waals surface area contributed by atoms with E-state index in [0.717, 1.165) is 39.7 Å². The first-order valence-electron chi connectivity index (χ1n) is 7.47. The molecule has 2 heterocycles. The van der Waals surface area contributed by atoms with Crippen molar-refractivity contribution in [1.82, 2.24) is 10.3 Å². The van der Waals surface area contributed by atoms with Crippen molar-refractivity contribution in [2.24, 2.45) is 0 Å². The molecule has 3 N–H and O–H groups in total. The molecule has 0 saturated carbocycles. The molecule has 7 heteroatoms. The van der Waals surface area contributed by atoms with Gasteiger partial charge in [-0.15, -0.1) is 23.7 Å². The highest BCUT2D eigenvalue weighted by molar-refractivity contribution is 8.01. The largest absolute Gasteiger partial charge is 0.504 e. The third kappa shape index (κ3) is 3.32. The lowest BCUT2D eigenvalue weighted by Crippen LogP contribution is -2.31. The lowest BCUT2D eigenvalue weighted by atomic mass is 9.94. The van der Waals surface area contributed by atoms with E-state index < -0.39 is 0 Å². The number of thioether (sulfide) groups is 1. The van der Waals surface area contributed by atoms with Gasteiger partial charge in [0.1, 0.15) is 0 Å². The molecule has 0 aliphatic carbocycles. The molecule has 0 radical (unpaired) electrons. The Balaban J connectivity index is 0.00000169. The minimum Gasteiger partial charge on any atom is -0.504 e. The molecule has 0 bridgehead atoms. The third-order valence-corrected chi connectivity index (χ3v) is 6.32. The van der Waals surface area contributed by atoms with Crippen LogP contribution in [0, 0.1) is 0 Å². The van der Waals surface area contributed by atoms with E-state index in [1.165, 1.54) is 4.70 Å². The van der Waals surface area contributed by atoms with Gasteiger partial charge in [-0.1, -0.05) is 23.9 Å². The number of para-hydroxylation sites is 1. The highest BCUT2D eigenvalue weighted by Crippen LogP contribution is 2.37. The number of hydrogen-bond acceptors (Lipinski definition) is 6. The number of hydrogen-bond donors (Lipinski definition) is 3. The highest BCUT2D eigenvalue weighted by atomic mass is 35.5. The molecule has 1 aliphatic rings. The number of halogens is 1. The number of phenols is 2. The Morgan fingerprint density at radius 3 is 2.83 bits per heavy atom. The highest BCUT2D eigenvalue weighted by Gasteiger charge is 2.22. The maximum Gasteiger partial charge on any atom is 0.157 e. The van der Waals surface area contributed by atoms with Crippen LogP contribution in [-0.4, -0.2) is 27.5 Å². The predicted octanol–water partition coefficient (Wildman–Crippen LogP) is 4.11. The fourth-order valence-electron chi connectivity index (χ4n) is 2.88. The molecule has 0 amide bonds. The molecule has 126 valence electrons. The summed E-state index contributed by atoms with van der Waals surface area (Å²) < 4.78 is 2.26. The zero-order valence-electron chi connectivity index (χ0n) is 12.7.